The highest BCUT2D eigenvalue weighted by Gasteiger charge is 2.08. The van der Waals surface area contributed by atoms with E-state index in [-0.39, 0.29) is 12.5 Å². The molecule has 30 heavy (non-hydrogen) atoms. The standard InChI is InChI=1S/C23H28N4O3/c1-6-13-30-21-14-18(9-12-20(21)29-5)16-26-23(24-2)25-15-17-7-10-19(11-8-17)22(28)27(3)4/h1,7-12,14H,13,15-16H2,2-5H3,(H2,24,25,26). The number of carbonyl (C=O) groups is 1. The molecule has 7 nitrogen and oxygen atoms in total. The Balaban J connectivity index is 1.92. The molecule has 0 bridgehead atoms. The van der Waals surface area contributed by atoms with E-state index in [0.29, 0.717) is 36.1 Å². The summed E-state index contributed by atoms with van der Waals surface area (Å²) in [4.78, 5) is 17.8. The maximum atomic E-state index is 12.0. The van der Waals surface area contributed by atoms with Crippen LogP contribution in [0.3, 0.4) is 0 Å². The van der Waals surface area contributed by atoms with Gasteiger partial charge in [-0.3, -0.25) is 9.79 Å². The van der Waals surface area contributed by atoms with Gasteiger partial charge in [0.05, 0.1) is 7.11 Å². The van der Waals surface area contributed by atoms with E-state index in [9.17, 15) is 4.79 Å². The fourth-order valence-electron chi connectivity index (χ4n) is 2.68. The topological polar surface area (TPSA) is 75.2 Å². The van der Waals surface area contributed by atoms with Crippen molar-refractivity contribution in [3.05, 3.63) is 59.2 Å². The van der Waals surface area contributed by atoms with E-state index in [4.69, 9.17) is 15.9 Å². The van der Waals surface area contributed by atoms with Gasteiger partial charge in [0.2, 0.25) is 0 Å². The Morgan fingerprint density at radius 3 is 2.27 bits per heavy atom. The van der Waals surface area contributed by atoms with Crippen LogP contribution in [-0.4, -0.2) is 51.6 Å². The Morgan fingerprint density at radius 1 is 1.07 bits per heavy atom. The van der Waals surface area contributed by atoms with Crippen molar-refractivity contribution in [2.24, 2.45) is 4.99 Å². The monoisotopic (exact) mass is 408 g/mol. The Morgan fingerprint density at radius 2 is 1.70 bits per heavy atom. The minimum Gasteiger partial charge on any atom is -0.493 e. The molecule has 1 amide bonds. The highest BCUT2D eigenvalue weighted by Crippen LogP contribution is 2.27. The first-order valence-electron chi connectivity index (χ1n) is 9.46. The molecule has 0 aromatic heterocycles. The van der Waals surface area contributed by atoms with Crippen molar-refractivity contribution < 1.29 is 14.3 Å². The SMILES string of the molecule is C#CCOc1cc(CNC(=NC)NCc2ccc(C(=O)N(C)C)cc2)ccc1OC. The number of benzene rings is 2. The Labute approximate surface area is 178 Å². The smallest absolute Gasteiger partial charge is 0.253 e. The normalized spacial score (nSPS) is 10.7. The van der Waals surface area contributed by atoms with E-state index >= 15 is 0 Å². The van der Waals surface area contributed by atoms with Gasteiger partial charge in [-0.2, -0.15) is 0 Å². The molecule has 158 valence electrons. The highest BCUT2D eigenvalue weighted by atomic mass is 16.5. The van der Waals surface area contributed by atoms with Crippen molar-refractivity contribution >= 4 is 11.9 Å². The molecular formula is C23H28N4O3. The molecule has 0 heterocycles. The third-order valence-corrected chi connectivity index (χ3v) is 4.29. The predicted molar refractivity (Wildman–Crippen MR) is 119 cm³/mol. The molecule has 0 radical (unpaired) electrons. The summed E-state index contributed by atoms with van der Waals surface area (Å²) in [6.45, 7) is 1.30. The number of rotatable bonds is 8. The minimum atomic E-state index is -0.0166. The quantitative estimate of drug-likeness (QED) is 0.398. The number of methoxy groups -OCH3 is 1. The van der Waals surface area contributed by atoms with E-state index in [1.165, 1.54) is 0 Å². The van der Waals surface area contributed by atoms with Gasteiger partial charge in [0.15, 0.2) is 17.5 Å². The lowest BCUT2D eigenvalue weighted by atomic mass is 10.1. The zero-order valence-corrected chi connectivity index (χ0v) is 17.9. The van der Waals surface area contributed by atoms with Gasteiger partial charge in [-0.05, 0) is 35.4 Å². The van der Waals surface area contributed by atoms with E-state index in [2.05, 4.69) is 21.5 Å². The lowest BCUT2D eigenvalue weighted by molar-refractivity contribution is 0.0827. The highest BCUT2D eigenvalue weighted by molar-refractivity contribution is 5.93. The van der Waals surface area contributed by atoms with Crippen LogP contribution in [0.15, 0.2) is 47.5 Å². The van der Waals surface area contributed by atoms with Gasteiger partial charge < -0.3 is 25.0 Å². The molecule has 7 heteroatoms. The zero-order valence-electron chi connectivity index (χ0n) is 17.9. The number of amides is 1. The molecule has 0 saturated heterocycles. The first-order chi connectivity index (χ1) is 14.5. The molecule has 0 atom stereocenters. The Kier molecular flexibility index (Phi) is 8.57. The molecule has 2 aromatic rings. The second-order valence-corrected chi connectivity index (χ2v) is 6.65. The first-order valence-corrected chi connectivity index (χ1v) is 9.46. The number of carbonyl (C=O) groups excluding carboxylic acids is 1. The third-order valence-electron chi connectivity index (χ3n) is 4.29. The van der Waals surface area contributed by atoms with Crippen LogP contribution in [0.2, 0.25) is 0 Å². The van der Waals surface area contributed by atoms with E-state index in [0.717, 1.165) is 11.1 Å². The number of ether oxygens (including phenoxy) is 2. The number of hydrogen-bond acceptors (Lipinski definition) is 4. The van der Waals surface area contributed by atoms with Gasteiger partial charge in [-0.25, -0.2) is 0 Å². The number of guanidine groups is 1. The van der Waals surface area contributed by atoms with Gasteiger partial charge in [-0.15, -0.1) is 6.42 Å². The minimum absolute atomic E-state index is 0.0166. The van der Waals surface area contributed by atoms with E-state index < -0.39 is 0 Å². The predicted octanol–water partition coefficient (Wildman–Crippen LogP) is 2.27. The first kappa shape index (κ1) is 22.6. The van der Waals surface area contributed by atoms with Crippen LogP contribution >= 0.6 is 0 Å². The summed E-state index contributed by atoms with van der Waals surface area (Å²) < 4.78 is 10.8. The van der Waals surface area contributed by atoms with Gasteiger partial charge in [0, 0.05) is 39.8 Å². The number of hydrogen-bond donors (Lipinski definition) is 2. The molecule has 0 saturated carbocycles. The Hall–Kier alpha value is -3.66. The average molecular weight is 409 g/mol. The van der Waals surface area contributed by atoms with Crippen molar-refractivity contribution in [3.8, 4) is 23.8 Å². The lowest BCUT2D eigenvalue weighted by Crippen LogP contribution is -2.36. The maximum Gasteiger partial charge on any atom is 0.253 e. The summed E-state index contributed by atoms with van der Waals surface area (Å²) in [5.74, 6) is 4.33. The maximum absolute atomic E-state index is 12.0. The third kappa shape index (κ3) is 6.45. The van der Waals surface area contributed by atoms with E-state index in [1.807, 2.05) is 42.5 Å². The summed E-state index contributed by atoms with van der Waals surface area (Å²) in [6, 6.07) is 13.2. The second-order valence-electron chi connectivity index (χ2n) is 6.65. The summed E-state index contributed by atoms with van der Waals surface area (Å²) >= 11 is 0. The molecule has 2 aromatic carbocycles. The molecule has 0 fully saturated rings. The van der Waals surface area contributed by atoms with Crippen LogP contribution in [-0.2, 0) is 13.1 Å². The van der Waals surface area contributed by atoms with Crippen molar-refractivity contribution in [1.82, 2.24) is 15.5 Å². The summed E-state index contributed by atoms with van der Waals surface area (Å²) in [5, 5.41) is 6.52. The van der Waals surface area contributed by atoms with Crippen molar-refractivity contribution in [2.45, 2.75) is 13.1 Å². The molecule has 0 aliphatic carbocycles. The van der Waals surface area contributed by atoms with Crippen LogP contribution < -0.4 is 20.1 Å². The fraction of sp³-hybridized carbons (Fsp3) is 0.304. The van der Waals surface area contributed by atoms with Gasteiger partial charge in [0.25, 0.3) is 5.91 Å². The van der Waals surface area contributed by atoms with E-state index in [1.54, 1.807) is 33.2 Å². The molecular weight excluding hydrogens is 380 g/mol. The van der Waals surface area contributed by atoms with Crippen LogP contribution in [0.4, 0.5) is 0 Å². The van der Waals surface area contributed by atoms with Crippen molar-refractivity contribution in [1.29, 1.82) is 0 Å². The second kappa shape index (κ2) is 11.4. The van der Waals surface area contributed by atoms with Crippen LogP contribution in [0, 0.1) is 12.3 Å². The summed E-state index contributed by atoms with van der Waals surface area (Å²) in [7, 11) is 6.77. The van der Waals surface area contributed by atoms with Gasteiger partial charge in [-0.1, -0.05) is 24.1 Å². The molecule has 2 rings (SSSR count). The lowest BCUT2D eigenvalue weighted by Gasteiger charge is -2.14. The van der Waals surface area contributed by atoms with Crippen molar-refractivity contribution in [3.63, 3.8) is 0 Å². The van der Waals surface area contributed by atoms with Crippen LogP contribution in [0.5, 0.6) is 11.5 Å². The van der Waals surface area contributed by atoms with Gasteiger partial charge in [0.1, 0.15) is 6.61 Å². The number of aliphatic imine (C=N–C) groups is 1. The average Bonchev–Trinajstić information content (AvgIpc) is 2.77. The molecule has 0 spiro atoms. The fourth-order valence-corrected chi connectivity index (χ4v) is 2.68. The van der Waals surface area contributed by atoms with Crippen LogP contribution in [0.1, 0.15) is 21.5 Å². The molecule has 0 unspecified atom stereocenters. The number of nitrogens with one attached hydrogen (secondary N) is 2. The Bertz CT molecular complexity index is 915. The molecule has 0 aliphatic heterocycles. The van der Waals surface area contributed by atoms with Crippen molar-refractivity contribution in [2.75, 3.05) is 34.9 Å². The zero-order chi connectivity index (χ0) is 21.9. The van der Waals surface area contributed by atoms with Gasteiger partial charge >= 0.3 is 0 Å². The number of terminal acetylenes is 1. The molecule has 0 aliphatic rings. The van der Waals surface area contributed by atoms with Crippen LogP contribution in [0.25, 0.3) is 0 Å². The summed E-state index contributed by atoms with van der Waals surface area (Å²) in [6.07, 6.45) is 5.27. The largest absolute Gasteiger partial charge is 0.493 e. The summed E-state index contributed by atoms with van der Waals surface area (Å²) in [5.41, 5.74) is 2.70. The molecule has 2 N–H and O–H groups in total. The number of nitrogens with zero attached hydrogens (tertiary/aromatic N) is 2.